The molecule has 0 aromatic heterocycles. The van der Waals surface area contributed by atoms with E-state index in [1.165, 1.54) is 7.11 Å². The number of esters is 1. The SMILES string of the molecule is COC(=O)C1CCC(NC(=O)C2CCOCC2)CC1. The van der Waals surface area contributed by atoms with Gasteiger partial charge in [0.25, 0.3) is 0 Å². The lowest BCUT2D eigenvalue weighted by Gasteiger charge is -2.29. The van der Waals surface area contributed by atoms with Crippen LogP contribution in [-0.2, 0) is 19.1 Å². The molecule has 0 bridgehead atoms. The van der Waals surface area contributed by atoms with Crippen molar-refractivity contribution in [3.63, 3.8) is 0 Å². The molecule has 108 valence electrons. The molecule has 0 spiro atoms. The fourth-order valence-electron chi connectivity index (χ4n) is 2.92. The Labute approximate surface area is 114 Å². The van der Waals surface area contributed by atoms with E-state index in [0.29, 0.717) is 13.2 Å². The van der Waals surface area contributed by atoms with Gasteiger partial charge in [0, 0.05) is 25.2 Å². The number of amides is 1. The van der Waals surface area contributed by atoms with Crippen LogP contribution < -0.4 is 5.32 Å². The number of carbonyl (C=O) groups is 2. The number of rotatable bonds is 3. The number of hydrogen-bond acceptors (Lipinski definition) is 4. The van der Waals surface area contributed by atoms with E-state index in [2.05, 4.69) is 5.32 Å². The summed E-state index contributed by atoms with van der Waals surface area (Å²) < 4.78 is 10.0. The van der Waals surface area contributed by atoms with E-state index in [0.717, 1.165) is 38.5 Å². The van der Waals surface area contributed by atoms with Gasteiger partial charge in [0.2, 0.25) is 5.91 Å². The fraction of sp³-hybridized carbons (Fsp3) is 0.857. The first-order chi connectivity index (χ1) is 9.20. The lowest BCUT2D eigenvalue weighted by molar-refractivity contribution is -0.146. The number of hydrogen-bond donors (Lipinski definition) is 1. The van der Waals surface area contributed by atoms with Gasteiger partial charge in [-0.2, -0.15) is 0 Å². The third-order valence-electron chi connectivity index (χ3n) is 4.20. The van der Waals surface area contributed by atoms with Crippen molar-refractivity contribution >= 4 is 11.9 Å². The second-order valence-corrected chi connectivity index (χ2v) is 5.47. The van der Waals surface area contributed by atoms with Gasteiger partial charge >= 0.3 is 5.97 Å². The van der Waals surface area contributed by atoms with E-state index in [-0.39, 0.29) is 29.8 Å². The Hall–Kier alpha value is -1.10. The number of carbonyl (C=O) groups excluding carboxylic acids is 2. The molecule has 2 fully saturated rings. The van der Waals surface area contributed by atoms with Crippen LogP contribution in [0.15, 0.2) is 0 Å². The predicted octanol–water partition coefficient (Wildman–Crippen LogP) is 1.26. The zero-order valence-corrected chi connectivity index (χ0v) is 11.5. The van der Waals surface area contributed by atoms with Crippen molar-refractivity contribution in [1.29, 1.82) is 0 Å². The highest BCUT2D eigenvalue weighted by Crippen LogP contribution is 2.26. The standard InChI is InChI=1S/C14H23NO4/c1-18-14(17)11-2-4-12(5-3-11)15-13(16)10-6-8-19-9-7-10/h10-12H,2-9H2,1H3,(H,15,16). The molecular formula is C14H23NO4. The summed E-state index contributed by atoms with van der Waals surface area (Å²) in [6.07, 6.45) is 5.01. The monoisotopic (exact) mass is 269 g/mol. The highest BCUT2D eigenvalue weighted by molar-refractivity contribution is 5.79. The molecule has 5 heteroatoms. The molecule has 1 aliphatic carbocycles. The number of nitrogens with one attached hydrogen (secondary N) is 1. The molecule has 5 nitrogen and oxygen atoms in total. The van der Waals surface area contributed by atoms with E-state index in [1.807, 2.05) is 0 Å². The molecule has 0 radical (unpaired) electrons. The molecule has 2 aliphatic rings. The first kappa shape index (κ1) is 14.3. The Morgan fingerprint density at radius 1 is 1.00 bits per heavy atom. The summed E-state index contributed by atoms with van der Waals surface area (Å²) in [6.45, 7) is 1.38. The molecule has 1 saturated heterocycles. The quantitative estimate of drug-likeness (QED) is 0.783. The van der Waals surface area contributed by atoms with E-state index < -0.39 is 0 Å². The Balaban J connectivity index is 1.72. The highest BCUT2D eigenvalue weighted by Gasteiger charge is 2.29. The summed E-state index contributed by atoms with van der Waals surface area (Å²) in [5, 5.41) is 3.12. The molecule has 1 saturated carbocycles. The van der Waals surface area contributed by atoms with Gasteiger partial charge in [0.15, 0.2) is 0 Å². The van der Waals surface area contributed by atoms with Crippen LogP contribution >= 0.6 is 0 Å². The van der Waals surface area contributed by atoms with Gasteiger partial charge < -0.3 is 14.8 Å². The minimum Gasteiger partial charge on any atom is -0.469 e. The van der Waals surface area contributed by atoms with Crippen molar-refractivity contribution in [3.05, 3.63) is 0 Å². The van der Waals surface area contributed by atoms with Crippen molar-refractivity contribution in [2.45, 2.75) is 44.6 Å². The topological polar surface area (TPSA) is 64.6 Å². The third kappa shape index (κ3) is 3.93. The third-order valence-corrected chi connectivity index (χ3v) is 4.20. The average Bonchev–Trinajstić information content (AvgIpc) is 2.48. The average molecular weight is 269 g/mol. The fourth-order valence-corrected chi connectivity index (χ4v) is 2.92. The molecule has 1 N–H and O–H groups in total. The van der Waals surface area contributed by atoms with Gasteiger partial charge in [-0.15, -0.1) is 0 Å². The maximum Gasteiger partial charge on any atom is 0.308 e. The Bertz CT molecular complexity index is 317. The van der Waals surface area contributed by atoms with Crippen LogP contribution in [0.5, 0.6) is 0 Å². The summed E-state index contributed by atoms with van der Waals surface area (Å²) in [6, 6.07) is 0.219. The van der Waals surface area contributed by atoms with Gasteiger partial charge in [0.05, 0.1) is 13.0 Å². The Morgan fingerprint density at radius 2 is 1.63 bits per heavy atom. The Kier molecular flexibility index (Phi) is 5.19. The molecule has 1 amide bonds. The van der Waals surface area contributed by atoms with E-state index in [9.17, 15) is 9.59 Å². The van der Waals surface area contributed by atoms with Gasteiger partial charge in [-0.05, 0) is 38.5 Å². The smallest absolute Gasteiger partial charge is 0.308 e. The molecule has 1 aliphatic heterocycles. The predicted molar refractivity (Wildman–Crippen MR) is 69.4 cm³/mol. The van der Waals surface area contributed by atoms with Crippen molar-refractivity contribution in [3.8, 4) is 0 Å². The minimum absolute atomic E-state index is 0.0150. The van der Waals surface area contributed by atoms with Gasteiger partial charge in [-0.25, -0.2) is 0 Å². The molecule has 0 atom stereocenters. The Morgan fingerprint density at radius 3 is 2.21 bits per heavy atom. The zero-order chi connectivity index (χ0) is 13.7. The summed E-state index contributed by atoms with van der Waals surface area (Å²) in [5.74, 6) is 0.160. The van der Waals surface area contributed by atoms with Crippen LogP contribution in [0.25, 0.3) is 0 Å². The molecule has 0 aromatic rings. The lowest BCUT2D eigenvalue weighted by atomic mass is 9.85. The van der Waals surface area contributed by atoms with Crippen molar-refractivity contribution in [2.75, 3.05) is 20.3 Å². The van der Waals surface area contributed by atoms with Crippen LogP contribution in [0.1, 0.15) is 38.5 Å². The van der Waals surface area contributed by atoms with E-state index >= 15 is 0 Å². The molecule has 19 heavy (non-hydrogen) atoms. The summed E-state index contributed by atoms with van der Waals surface area (Å²) in [5.41, 5.74) is 0. The van der Waals surface area contributed by atoms with Gasteiger partial charge in [0.1, 0.15) is 0 Å². The minimum atomic E-state index is -0.116. The molecule has 2 rings (SSSR count). The zero-order valence-electron chi connectivity index (χ0n) is 11.5. The van der Waals surface area contributed by atoms with Crippen molar-refractivity contribution in [1.82, 2.24) is 5.32 Å². The first-order valence-electron chi connectivity index (χ1n) is 7.16. The van der Waals surface area contributed by atoms with Gasteiger partial charge in [-0.3, -0.25) is 9.59 Å². The van der Waals surface area contributed by atoms with Gasteiger partial charge in [-0.1, -0.05) is 0 Å². The molecule has 1 heterocycles. The molecule has 0 aromatic carbocycles. The van der Waals surface area contributed by atoms with Crippen LogP contribution in [0, 0.1) is 11.8 Å². The molecule has 0 unspecified atom stereocenters. The second-order valence-electron chi connectivity index (χ2n) is 5.47. The van der Waals surface area contributed by atoms with Crippen LogP contribution in [0.2, 0.25) is 0 Å². The van der Waals surface area contributed by atoms with Crippen molar-refractivity contribution < 1.29 is 19.1 Å². The van der Waals surface area contributed by atoms with E-state index in [4.69, 9.17) is 9.47 Å². The van der Waals surface area contributed by atoms with Crippen LogP contribution in [0.3, 0.4) is 0 Å². The summed E-state index contributed by atoms with van der Waals surface area (Å²) >= 11 is 0. The van der Waals surface area contributed by atoms with Crippen LogP contribution in [0.4, 0.5) is 0 Å². The van der Waals surface area contributed by atoms with Crippen molar-refractivity contribution in [2.24, 2.45) is 11.8 Å². The lowest BCUT2D eigenvalue weighted by Crippen LogP contribution is -2.43. The second kappa shape index (κ2) is 6.89. The van der Waals surface area contributed by atoms with E-state index in [1.54, 1.807) is 0 Å². The number of ether oxygens (including phenoxy) is 2. The number of methoxy groups -OCH3 is 1. The maximum atomic E-state index is 12.1. The summed E-state index contributed by atoms with van der Waals surface area (Å²) in [4.78, 5) is 23.5. The first-order valence-corrected chi connectivity index (χ1v) is 7.16. The molecular weight excluding hydrogens is 246 g/mol. The largest absolute Gasteiger partial charge is 0.469 e. The maximum absolute atomic E-state index is 12.1. The normalized spacial score (nSPS) is 28.7. The summed E-state index contributed by atoms with van der Waals surface area (Å²) in [7, 11) is 1.43. The van der Waals surface area contributed by atoms with Crippen LogP contribution in [-0.4, -0.2) is 38.2 Å². The highest BCUT2D eigenvalue weighted by atomic mass is 16.5.